The van der Waals surface area contributed by atoms with E-state index in [1.54, 1.807) is 11.5 Å². The van der Waals surface area contributed by atoms with Crippen LogP contribution >= 0.6 is 11.6 Å². The van der Waals surface area contributed by atoms with Crippen molar-refractivity contribution in [3.8, 4) is 17.1 Å². The van der Waals surface area contributed by atoms with Gasteiger partial charge in [-0.15, -0.1) is 5.10 Å². The predicted molar refractivity (Wildman–Crippen MR) is 193 cm³/mol. The third-order valence-electron chi connectivity index (χ3n) is 10.1. The molecule has 0 radical (unpaired) electrons. The average Bonchev–Trinajstić information content (AvgIpc) is 3.59. The van der Waals surface area contributed by atoms with Crippen LogP contribution in [0.3, 0.4) is 0 Å². The quantitative estimate of drug-likeness (QED) is 0.203. The van der Waals surface area contributed by atoms with E-state index < -0.39 is 35.7 Å². The molecule has 1 aliphatic heterocycles. The first-order valence-corrected chi connectivity index (χ1v) is 17.7. The Bertz CT molecular complexity index is 2330. The van der Waals surface area contributed by atoms with Gasteiger partial charge in [-0.05, 0) is 56.4 Å². The number of nitrogens with zero attached hydrogens (tertiary/aromatic N) is 8. The molecule has 2 fully saturated rings. The van der Waals surface area contributed by atoms with Crippen LogP contribution < -0.4 is 21.5 Å². The smallest absolute Gasteiger partial charge is 0.416 e. The Kier molecular flexibility index (Phi) is 9.55. The lowest BCUT2D eigenvalue weighted by Crippen LogP contribution is -2.51. The molecule has 282 valence electrons. The van der Waals surface area contributed by atoms with Gasteiger partial charge in [0.05, 0.1) is 27.7 Å². The van der Waals surface area contributed by atoms with Crippen LogP contribution in [0, 0.1) is 6.92 Å². The maximum Gasteiger partial charge on any atom is 0.416 e. The van der Waals surface area contributed by atoms with E-state index in [-0.39, 0.29) is 83.3 Å². The topological polar surface area (TPSA) is 177 Å². The standard InChI is InChI=1S/C36H36ClF3N10O4/c1-3-26-29(47-13-15-48(16-14-47)32(53)28-30(52)20(2)42-19-43-28)33(54)50-34(45-31(46-50)21-5-7-22(8-6-21)35(41)11-4-12-35)49(26)18-27(51)44-25-10-9-23(17-24(25)37)36(38,39)40/h5-10,17,19,52H,3-4,11-16,18,41H2,1-2H3,(H,44,51). The van der Waals surface area contributed by atoms with Crippen molar-refractivity contribution in [1.82, 2.24) is 34.0 Å². The fourth-order valence-electron chi connectivity index (χ4n) is 6.88. The largest absolute Gasteiger partial charge is 0.504 e. The molecule has 1 saturated heterocycles. The summed E-state index contributed by atoms with van der Waals surface area (Å²) in [6, 6.07) is 10.1. The molecule has 2 amide bonds. The number of piperazine rings is 1. The number of hydrogen-bond donors (Lipinski definition) is 3. The van der Waals surface area contributed by atoms with E-state index in [0.29, 0.717) is 11.3 Å². The van der Waals surface area contributed by atoms with Crippen LogP contribution in [-0.2, 0) is 29.5 Å². The minimum absolute atomic E-state index is 0.0258. The Hall–Kier alpha value is -5.55. The molecule has 1 aliphatic carbocycles. The lowest BCUT2D eigenvalue weighted by molar-refractivity contribution is -0.137. The van der Waals surface area contributed by atoms with Gasteiger partial charge >= 0.3 is 6.18 Å². The highest BCUT2D eigenvalue weighted by atomic mass is 35.5. The summed E-state index contributed by atoms with van der Waals surface area (Å²) in [4.78, 5) is 57.1. The summed E-state index contributed by atoms with van der Waals surface area (Å²) < 4.78 is 42.5. The number of alkyl halides is 3. The summed E-state index contributed by atoms with van der Waals surface area (Å²) in [7, 11) is 0. The number of hydrogen-bond acceptors (Lipinski definition) is 10. The van der Waals surface area contributed by atoms with E-state index in [1.807, 2.05) is 36.1 Å². The van der Waals surface area contributed by atoms with E-state index in [1.165, 1.54) is 11.2 Å². The second kappa shape index (κ2) is 14.0. The molecule has 2 aliphatic rings. The molecular formula is C36H36ClF3N10O4. The number of rotatable bonds is 8. The number of halogens is 4. The molecule has 4 N–H and O–H groups in total. The van der Waals surface area contributed by atoms with Gasteiger partial charge in [0.2, 0.25) is 11.7 Å². The third kappa shape index (κ3) is 6.72. The molecule has 0 bridgehead atoms. The van der Waals surface area contributed by atoms with Gasteiger partial charge in [-0.2, -0.15) is 22.7 Å². The Morgan fingerprint density at radius 3 is 2.37 bits per heavy atom. The van der Waals surface area contributed by atoms with Crippen LogP contribution in [0.4, 0.5) is 24.5 Å². The van der Waals surface area contributed by atoms with Gasteiger partial charge in [-0.3, -0.25) is 14.4 Å². The van der Waals surface area contributed by atoms with Crippen molar-refractivity contribution in [2.75, 3.05) is 36.4 Å². The summed E-state index contributed by atoms with van der Waals surface area (Å²) >= 11 is 6.14. The van der Waals surface area contributed by atoms with Gasteiger partial charge in [0.25, 0.3) is 11.5 Å². The van der Waals surface area contributed by atoms with Crippen molar-refractivity contribution in [1.29, 1.82) is 0 Å². The molecule has 0 spiro atoms. The lowest BCUT2D eigenvalue weighted by Gasteiger charge is -2.38. The number of anilines is 2. The molecule has 7 rings (SSSR count). The maximum atomic E-state index is 14.3. The Balaban J connectivity index is 1.24. The zero-order chi connectivity index (χ0) is 38.5. The van der Waals surface area contributed by atoms with Crippen molar-refractivity contribution in [3.63, 3.8) is 0 Å². The Morgan fingerprint density at radius 2 is 1.76 bits per heavy atom. The number of amides is 2. The molecule has 4 heterocycles. The number of nitrogens with one attached hydrogen (secondary N) is 1. The van der Waals surface area contributed by atoms with Gasteiger partial charge in [-0.1, -0.05) is 42.8 Å². The molecule has 5 aromatic rings. The van der Waals surface area contributed by atoms with Gasteiger partial charge < -0.3 is 30.5 Å². The molecule has 0 unspecified atom stereocenters. The first-order chi connectivity index (χ1) is 25.7. The Morgan fingerprint density at radius 1 is 1.06 bits per heavy atom. The molecule has 2 aromatic carbocycles. The molecule has 54 heavy (non-hydrogen) atoms. The van der Waals surface area contributed by atoms with E-state index >= 15 is 0 Å². The summed E-state index contributed by atoms with van der Waals surface area (Å²) in [5.41, 5.74) is 7.11. The van der Waals surface area contributed by atoms with Crippen LogP contribution in [0.15, 0.2) is 53.6 Å². The summed E-state index contributed by atoms with van der Waals surface area (Å²) in [6.45, 7) is 3.80. The molecule has 18 heteroatoms. The third-order valence-corrected chi connectivity index (χ3v) is 10.4. The SMILES string of the molecule is CCc1c(N2CCN(C(=O)c3ncnc(C)c3O)CC2)c(=O)n2nc(-c3ccc(C4(N)CCC4)cc3)nc2n1CC(=O)Nc1ccc(C(F)(F)F)cc1Cl. The first kappa shape index (κ1) is 36.8. The van der Waals surface area contributed by atoms with Crippen molar-refractivity contribution in [3.05, 3.63) is 92.4 Å². The Labute approximate surface area is 311 Å². The van der Waals surface area contributed by atoms with Crippen molar-refractivity contribution in [2.45, 2.75) is 57.8 Å². The van der Waals surface area contributed by atoms with Gasteiger partial charge in [0.15, 0.2) is 17.3 Å². The van der Waals surface area contributed by atoms with Gasteiger partial charge in [-0.25, -0.2) is 9.97 Å². The second-order valence-electron chi connectivity index (χ2n) is 13.5. The van der Waals surface area contributed by atoms with Crippen molar-refractivity contribution in [2.24, 2.45) is 5.73 Å². The highest BCUT2D eigenvalue weighted by Gasteiger charge is 2.35. The zero-order valence-corrected chi connectivity index (χ0v) is 30.1. The molecular weight excluding hydrogens is 729 g/mol. The molecule has 1 saturated carbocycles. The summed E-state index contributed by atoms with van der Waals surface area (Å²) in [6.07, 6.45) is -0.328. The number of aromatic nitrogens is 6. The van der Waals surface area contributed by atoms with Crippen LogP contribution in [0.1, 0.15) is 59.2 Å². The number of benzene rings is 2. The van der Waals surface area contributed by atoms with E-state index in [2.05, 4.69) is 20.4 Å². The minimum Gasteiger partial charge on any atom is -0.504 e. The second-order valence-corrected chi connectivity index (χ2v) is 13.9. The number of aryl methyl sites for hydroxylation is 1. The monoisotopic (exact) mass is 764 g/mol. The van der Waals surface area contributed by atoms with E-state index in [0.717, 1.165) is 47.5 Å². The summed E-state index contributed by atoms with van der Waals surface area (Å²) in [5.74, 6) is -1.12. The molecule has 0 atom stereocenters. The fourth-order valence-corrected chi connectivity index (χ4v) is 7.11. The number of nitrogens with two attached hydrogens (primary N) is 1. The summed E-state index contributed by atoms with van der Waals surface area (Å²) in [5, 5.41) is 17.3. The van der Waals surface area contributed by atoms with Gasteiger partial charge in [0, 0.05) is 37.3 Å². The van der Waals surface area contributed by atoms with Crippen LogP contribution in [0.5, 0.6) is 5.75 Å². The van der Waals surface area contributed by atoms with Crippen LogP contribution in [0.25, 0.3) is 17.2 Å². The number of carbonyl (C=O) groups excluding carboxylic acids is 2. The number of fused-ring (bicyclic) bond motifs is 1. The number of carbonyl (C=O) groups is 2. The zero-order valence-electron chi connectivity index (χ0n) is 29.3. The highest BCUT2D eigenvalue weighted by Crippen LogP contribution is 2.39. The van der Waals surface area contributed by atoms with E-state index in [4.69, 9.17) is 22.3 Å². The fraction of sp³-hybridized carbons (Fsp3) is 0.361. The predicted octanol–water partition coefficient (Wildman–Crippen LogP) is 4.54. The molecule has 14 nitrogen and oxygen atoms in total. The van der Waals surface area contributed by atoms with Gasteiger partial charge in [0.1, 0.15) is 18.6 Å². The normalized spacial score (nSPS) is 15.7. The number of aromatic hydroxyl groups is 1. The van der Waals surface area contributed by atoms with Crippen molar-refractivity contribution >= 4 is 40.6 Å². The average molecular weight is 765 g/mol. The van der Waals surface area contributed by atoms with E-state index in [9.17, 15) is 32.7 Å². The first-order valence-electron chi connectivity index (χ1n) is 17.3. The maximum absolute atomic E-state index is 14.3. The van der Waals surface area contributed by atoms with Crippen LogP contribution in [-0.4, -0.2) is 77.1 Å². The lowest BCUT2D eigenvalue weighted by atomic mass is 9.73. The molecule has 3 aromatic heterocycles. The van der Waals surface area contributed by atoms with Crippen LogP contribution in [0.2, 0.25) is 5.02 Å². The minimum atomic E-state index is -4.62. The van der Waals surface area contributed by atoms with Crippen molar-refractivity contribution < 1.29 is 27.9 Å². The highest BCUT2D eigenvalue weighted by molar-refractivity contribution is 6.33.